The van der Waals surface area contributed by atoms with E-state index in [1.165, 1.54) is 10.3 Å². The predicted octanol–water partition coefficient (Wildman–Crippen LogP) is 6.91. The fourth-order valence-electron chi connectivity index (χ4n) is 3.46. The van der Waals surface area contributed by atoms with E-state index in [1.807, 2.05) is 44.2 Å². The Bertz CT molecular complexity index is 1200. The number of carbonyl (C=O) groups is 1. The molecule has 1 amide bonds. The molecule has 0 unspecified atom stereocenters. The quantitative estimate of drug-likeness (QED) is 0.201. The van der Waals surface area contributed by atoms with Gasteiger partial charge in [-0.3, -0.25) is 4.79 Å². The molecule has 6 heteroatoms. The lowest BCUT2D eigenvalue weighted by atomic mass is 10.1. The Morgan fingerprint density at radius 1 is 1.03 bits per heavy atom. The Hall–Kier alpha value is -2.70. The summed E-state index contributed by atoms with van der Waals surface area (Å²) in [5, 5.41) is 4.22. The summed E-state index contributed by atoms with van der Waals surface area (Å²) >= 11 is 5.26. The number of aromatic amines is 1. The average molecular weight is 509 g/mol. The molecule has 0 spiro atoms. The molecule has 4 nitrogen and oxygen atoms in total. The number of hydrogen-bond acceptors (Lipinski definition) is 3. The van der Waals surface area contributed by atoms with Crippen molar-refractivity contribution >= 4 is 44.5 Å². The summed E-state index contributed by atoms with van der Waals surface area (Å²) in [6.07, 6.45) is 0.110. The van der Waals surface area contributed by atoms with Crippen LogP contribution < -0.4 is 10.1 Å². The number of carbonyl (C=O) groups excluding carboxylic acids is 1. The van der Waals surface area contributed by atoms with Gasteiger partial charge in [0, 0.05) is 38.1 Å². The summed E-state index contributed by atoms with van der Waals surface area (Å²) in [5.41, 5.74) is 3.99. The van der Waals surface area contributed by atoms with Gasteiger partial charge in [0.15, 0.2) is 0 Å². The van der Waals surface area contributed by atoms with Crippen LogP contribution in [0.1, 0.15) is 24.2 Å². The van der Waals surface area contributed by atoms with Gasteiger partial charge in [0.05, 0.1) is 11.8 Å². The molecule has 0 aliphatic rings. The van der Waals surface area contributed by atoms with Crippen LogP contribution in [-0.4, -0.2) is 29.3 Å². The van der Waals surface area contributed by atoms with Crippen molar-refractivity contribution in [3.05, 3.63) is 82.8 Å². The Balaban J connectivity index is 1.41. The third-order valence-electron chi connectivity index (χ3n) is 4.91. The van der Waals surface area contributed by atoms with Crippen LogP contribution in [0.4, 0.5) is 0 Å². The highest BCUT2D eigenvalue weighted by atomic mass is 79.9. The van der Waals surface area contributed by atoms with Gasteiger partial charge in [-0.05, 0) is 61.9 Å². The van der Waals surface area contributed by atoms with Crippen LogP contribution in [-0.2, 0) is 0 Å². The highest BCUT2D eigenvalue weighted by molar-refractivity contribution is 9.10. The predicted molar refractivity (Wildman–Crippen MR) is 137 cm³/mol. The van der Waals surface area contributed by atoms with Crippen LogP contribution in [0.5, 0.6) is 5.75 Å². The van der Waals surface area contributed by atoms with Gasteiger partial charge in [0.25, 0.3) is 5.91 Å². The zero-order valence-electron chi connectivity index (χ0n) is 18.0. The van der Waals surface area contributed by atoms with E-state index >= 15 is 0 Å². The summed E-state index contributed by atoms with van der Waals surface area (Å²) in [5.74, 6) is 1.46. The second-order valence-corrected chi connectivity index (χ2v) is 9.70. The maximum Gasteiger partial charge on any atom is 0.251 e. The van der Waals surface area contributed by atoms with Crippen molar-refractivity contribution in [2.24, 2.45) is 0 Å². The van der Waals surface area contributed by atoms with E-state index in [2.05, 4.69) is 56.6 Å². The van der Waals surface area contributed by atoms with Gasteiger partial charge in [0.2, 0.25) is 0 Å². The summed E-state index contributed by atoms with van der Waals surface area (Å²) in [6.45, 7) is 4.54. The number of benzene rings is 3. The van der Waals surface area contributed by atoms with E-state index < -0.39 is 0 Å². The second-order valence-electron chi connectivity index (χ2n) is 7.68. The lowest BCUT2D eigenvalue weighted by molar-refractivity contribution is 0.0956. The van der Waals surface area contributed by atoms with Gasteiger partial charge in [-0.2, -0.15) is 0 Å². The molecule has 32 heavy (non-hydrogen) atoms. The number of rotatable bonds is 8. The van der Waals surface area contributed by atoms with Crippen molar-refractivity contribution in [1.29, 1.82) is 0 Å². The largest absolute Gasteiger partial charge is 0.491 e. The molecule has 4 aromatic rings. The smallest absolute Gasteiger partial charge is 0.251 e. The molecule has 0 atom stereocenters. The number of thioether (sulfide) groups is 1. The third-order valence-corrected chi connectivity index (χ3v) is 6.56. The molecule has 0 saturated heterocycles. The Morgan fingerprint density at radius 2 is 1.75 bits per heavy atom. The number of nitrogens with one attached hydrogen (secondary N) is 2. The van der Waals surface area contributed by atoms with Crippen LogP contribution in [0.3, 0.4) is 0 Å². The number of aromatic nitrogens is 1. The fourth-order valence-corrected chi connectivity index (χ4v) is 4.78. The first kappa shape index (κ1) is 22.5. The first-order valence-electron chi connectivity index (χ1n) is 10.6. The summed E-state index contributed by atoms with van der Waals surface area (Å²) in [6, 6.07) is 23.9. The number of para-hydroxylation sites is 1. The molecule has 0 radical (unpaired) electrons. The highest BCUT2D eigenvalue weighted by Gasteiger charge is 2.14. The summed E-state index contributed by atoms with van der Waals surface area (Å²) < 4.78 is 6.69. The number of H-pyrrole nitrogens is 1. The van der Waals surface area contributed by atoms with Crippen molar-refractivity contribution < 1.29 is 9.53 Å². The van der Waals surface area contributed by atoms with Gasteiger partial charge in [-0.15, -0.1) is 11.8 Å². The van der Waals surface area contributed by atoms with E-state index in [0.717, 1.165) is 32.7 Å². The average Bonchev–Trinajstić information content (AvgIpc) is 3.16. The molecule has 2 N–H and O–H groups in total. The third kappa shape index (κ3) is 5.37. The summed E-state index contributed by atoms with van der Waals surface area (Å²) in [7, 11) is 0. The Morgan fingerprint density at radius 3 is 2.47 bits per heavy atom. The number of ether oxygens (including phenoxy) is 1. The molecule has 3 aromatic carbocycles. The molecule has 0 aliphatic carbocycles. The topological polar surface area (TPSA) is 54.1 Å². The molecule has 0 saturated carbocycles. The SMILES string of the molecule is CC(C)Oc1ccc(C(=O)NCCSc2c(-c3ccc(Br)cc3)[nH]c3ccccc23)cc1. The molecule has 0 fully saturated rings. The first-order valence-corrected chi connectivity index (χ1v) is 12.3. The van der Waals surface area contributed by atoms with Gasteiger partial charge < -0.3 is 15.0 Å². The van der Waals surface area contributed by atoms with Crippen molar-refractivity contribution in [3.8, 4) is 17.0 Å². The maximum atomic E-state index is 12.5. The van der Waals surface area contributed by atoms with Crippen molar-refractivity contribution in [3.63, 3.8) is 0 Å². The Kier molecular flexibility index (Phi) is 7.22. The molecule has 0 bridgehead atoms. The maximum absolute atomic E-state index is 12.5. The number of fused-ring (bicyclic) bond motifs is 1. The zero-order chi connectivity index (χ0) is 22.5. The zero-order valence-corrected chi connectivity index (χ0v) is 20.4. The van der Waals surface area contributed by atoms with Gasteiger partial charge in [-0.1, -0.05) is 46.3 Å². The number of halogens is 1. The van der Waals surface area contributed by atoms with E-state index in [9.17, 15) is 4.79 Å². The molecule has 0 aliphatic heterocycles. The van der Waals surface area contributed by atoms with Crippen LogP contribution >= 0.6 is 27.7 Å². The molecular formula is C26H25BrN2O2S. The van der Waals surface area contributed by atoms with E-state index in [4.69, 9.17) is 4.74 Å². The van der Waals surface area contributed by atoms with Gasteiger partial charge >= 0.3 is 0 Å². The molecule has 4 rings (SSSR count). The van der Waals surface area contributed by atoms with Crippen molar-refractivity contribution in [2.75, 3.05) is 12.3 Å². The fraction of sp³-hybridized carbons (Fsp3) is 0.192. The number of hydrogen-bond donors (Lipinski definition) is 2. The monoisotopic (exact) mass is 508 g/mol. The van der Waals surface area contributed by atoms with Crippen LogP contribution in [0.15, 0.2) is 82.2 Å². The lowest BCUT2D eigenvalue weighted by Crippen LogP contribution is -2.25. The minimum atomic E-state index is -0.0752. The normalized spacial score (nSPS) is 11.1. The minimum Gasteiger partial charge on any atom is -0.491 e. The summed E-state index contributed by atoms with van der Waals surface area (Å²) in [4.78, 5) is 17.3. The first-order chi connectivity index (χ1) is 15.5. The molecular weight excluding hydrogens is 484 g/mol. The minimum absolute atomic E-state index is 0.0752. The second kappa shape index (κ2) is 10.3. The van der Waals surface area contributed by atoms with E-state index in [-0.39, 0.29) is 12.0 Å². The Labute approximate surface area is 200 Å². The van der Waals surface area contributed by atoms with Crippen LogP contribution in [0.2, 0.25) is 0 Å². The van der Waals surface area contributed by atoms with Gasteiger partial charge in [0.1, 0.15) is 5.75 Å². The van der Waals surface area contributed by atoms with Crippen molar-refractivity contribution in [2.45, 2.75) is 24.8 Å². The van der Waals surface area contributed by atoms with Crippen molar-refractivity contribution in [1.82, 2.24) is 10.3 Å². The lowest BCUT2D eigenvalue weighted by Gasteiger charge is -2.10. The molecule has 164 valence electrons. The van der Waals surface area contributed by atoms with E-state index in [0.29, 0.717) is 12.1 Å². The van der Waals surface area contributed by atoms with E-state index in [1.54, 1.807) is 23.9 Å². The standard InChI is InChI=1S/C26H25BrN2O2S/c1-17(2)31-21-13-9-19(10-14-21)26(30)28-15-16-32-25-22-5-3-4-6-23(22)29-24(25)18-7-11-20(27)12-8-18/h3-14,17,29H,15-16H2,1-2H3,(H,28,30). The highest BCUT2D eigenvalue weighted by Crippen LogP contribution is 2.37. The van der Waals surface area contributed by atoms with Crippen LogP contribution in [0, 0.1) is 0 Å². The molecule has 1 aromatic heterocycles. The van der Waals surface area contributed by atoms with Gasteiger partial charge in [-0.25, -0.2) is 0 Å². The molecule has 1 heterocycles. The number of amides is 1. The van der Waals surface area contributed by atoms with Crippen LogP contribution in [0.25, 0.3) is 22.2 Å².